The normalized spacial score (nSPS) is 10.1. The molecular weight excluding hydrogens is 252 g/mol. The van der Waals surface area contributed by atoms with E-state index in [1.165, 1.54) is 0 Å². The summed E-state index contributed by atoms with van der Waals surface area (Å²) < 4.78 is 0. The molecule has 0 unspecified atom stereocenters. The fourth-order valence-corrected chi connectivity index (χ4v) is 1.67. The van der Waals surface area contributed by atoms with Gasteiger partial charge in [-0.15, -0.1) is 0 Å². The Morgan fingerprint density at radius 2 is 1.26 bits per heavy atom. The van der Waals surface area contributed by atoms with E-state index in [2.05, 4.69) is 0 Å². The predicted molar refractivity (Wildman–Crippen MR) is 64.6 cm³/mol. The second-order valence-electron chi connectivity index (χ2n) is 3.72. The van der Waals surface area contributed by atoms with Gasteiger partial charge in [-0.25, -0.2) is 0 Å². The summed E-state index contributed by atoms with van der Waals surface area (Å²) in [6.45, 7) is 0. The van der Waals surface area contributed by atoms with Crippen molar-refractivity contribution in [2.75, 3.05) is 0 Å². The van der Waals surface area contributed by atoms with Gasteiger partial charge in [0, 0.05) is 12.1 Å². The molecule has 7 heteroatoms. The van der Waals surface area contributed by atoms with Crippen molar-refractivity contribution in [3.8, 4) is 16.9 Å². The third kappa shape index (κ3) is 2.34. The molecule has 0 saturated carbocycles. The molecular formula is C12H7N2O5-. The molecule has 0 aromatic heterocycles. The van der Waals surface area contributed by atoms with Crippen molar-refractivity contribution in [3.63, 3.8) is 0 Å². The van der Waals surface area contributed by atoms with Gasteiger partial charge in [-0.3, -0.25) is 20.2 Å². The summed E-state index contributed by atoms with van der Waals surface area (Å²) in [6, 6.07) is 10.5. The molecule has 0 radical (unpaired) electrons. The zero-order valence-corrected chi connectivity index (χ0v) is 9.48. The first-order valence-corrected chi connectivity index (χ1v) is 5.20. The number of hydrogen-bond acceptors (Lipinski definition) is 5. The molecule has 0 atom stereocenters. The van der Waals surface area contributed by atoms with Gasteiger partial charge in [0.2, 0.25) is 0 Å². The van der Waals surface area contributed by atoms with Gasteiger partial charge in [0.05, 0.1) is 15.6 Å². The van der Waals surface area contributed by atoms with Crippen molar-refractivity contribution >= 4 is 11.4 Å². The molecule has 0 aliphatic heterocycles. The van der Waals surface area contributed by atoms with E-state index in [4.69, 9.17) is 0 Å². The Morgan fingerprint density at radius 3 is 1.68 bits per heavy atom. The Bertz CT molecular complexity index is 619. The van der Waals surface area contributed by atoms with Crippen LogP contribution >= 0.6 is 0 Å². The maximum atomic E-state index is 11.6. The lowest BCUT2D eigenvalue weighted by Gasteiger charge is -2.09. The summed E-state index contributed by atoms with van der Waals surface area (Å²) in [5, 5.41) is 33.1. The van der Waals surface area contributed by atoms with Crippen LogP contribution < -0.4 is 5.11 Å². The summed E-state index contributed by atoms with van der Waals surface area (Å²) >= 11 is 0. The van der Waals surface area contributed by atoms with Crippen LogP contribution in [0, 0.1) is 20.2 Å². The van der Waals surface area contributed by atoms with Crippen molar-refractivity contribution in [2.45, 2.75) is 0 Å². The van der Waals surface area contributed by atoms with Crippen LogP contribution in [0.2, 0.25) is 0 Å². The molecule has 19 heavy (non-hydrogen) atoms. The molecule has 7 nitrogen and oxygen atoms in total. The molecule has 0 bridgehead atoms. The lowest BCUT2D eigenvalue weighted by molar-refractivity contribution is -0.416. The van der Waals surface area contributed by atoms with Crippen molar-refractivity contribution in [3.05, 3.63) is 62.7 Å². The van der Waals surface area contributed by atoms with Gasteiger partial charge in [0.15, 0.2) is 0 Å². The quantitative estimate of drug-likeness (QED) is 0.620. The molecule has 0 aliphatic rings. The van der Waals surface area contributed by atoms with Crippen molar-refractivity contribution in [1.82, 2.24) is 0 Å². The molecule has 0 saturated heterocycles. The topological polar surface area (TPSA) is 109 Å². The minimum absolute atomic E-state index is 0.263. The third-order valence-electron chi connectivity index (χ3n) is 2.55. The highest BCUT2D eigenvalue weighted by Crippen LogP contribution is 2.37. The van der Waals surface area contributed by atoms with Gasteiger partial charge >= 0.3 is 0 Å². The van der Waals surface area contributed by atoms with Crippen molar-refractivity contribution in [1.29, 1.82) is 0 Å². The van der Waals surface area contributed by atoms with E-state index in [9.17, 15) is 25.3 Å². The summed E-state index contributed by atoms with van der Waals surface area (Å²) in [5.41, 5.74) is -0.770. The SMILES string of the molecule is O=[N+]([O-])c1cc(-c2ccccc2)cc([N+](=O)[O-])c1[O-]. The number of nitro benzene ring substituents is 2. The Morgan fingerprint density at radius 1 is 0.789 bits per heavy atom. The lowest BCUT2D eigenvalue weighted by Crippen LogP contribution is -2.03. The average Bonchev–Trinajstić information content (AvgIpc) is 2.39. The van der Waals surface area contributed by atoms with E-state index in [0.29, 0.717) is 5.56 Å². The fraction of sp³-hybridized carbons (Fsp3) is 0. The van der Waals surface area contributed by atoms with Gasteiger partial charge in [0.25, 0.3) is 11.4 Å². The zero-order chi connectivity index (χ0) is 14.0. The summed E-state index contributed by atoms with van der Waals surface area (Å²) in [6.07, 6.45) is 0. The summed E-state index contributed by atoms with van der Waals surface area (Å²) in [5.74, 6) is -1.19. The molecule has 0 amide bonds. The second kappa shape index (κ2) is 4.73. The Balaban J connectivity index is 2.70. The van der Waals surface area contributed by atoms with Crippen LogP contribution in [0.4, 0.5) is 11.4 Å². The van der Waals surface area contributed by atoms with E-state index in [1.807, 2.05) is 0 Å². The van der Waals surface area contributed by atoms with E-state index in [-0.39, 0.29) is 5.56 Å². The highest BCUT2D eigenvalue weighted by molar-refractivity contribution is 5.74. The maximum absolute atomic E-state index is 11.6. The maximum Gasteiger partial charge on any atom is 0.269 e. The third-order valence-corrected chi connectivity index (χ3v) is 2.55. The van der Waals surface area contributed by atoms with Crippen LogP contribution in [-0.4, -0.2) is 9.85 Å². The molecule has 2 aromatic carbocycles. The number of nitro groups is 2. The highest BCUT2D eigenvalue weighted by Gasteiger charge is 2.20. The van der Waals surface area contributed by atoms with Crippen molar-refractivity contribution < 1.29 is 15.0 Å². The molecule has 0 spiro atoms. The number of hydrogen-bond donors (Lipinski definition) is 0. The number of nitrogens with zero attached hydrogens (tertiary/aromatic N) is 2. The smallest absolute Gasteiger partial charge is 0.269 e. The van der Waals surface area contributed by atoms with Gasteiger partial charge < -0.3 is 5.11 Å². The second-order valence-corrected chi connectivity index (χ2v) is 3.72. The standard InChI is InChI=1S/C12H8N2O5/c15-12-10(13(16)17)6-9(7-11(12)14(18)19)8-4-2-1-3-5-8/h1-7,15H/p-1. The Kier molecular flexibility index (Phi) is 3.11. The monoisotopic (exact) mass is 259 g/mol. The zero-order valence-electron chi connectivity index (χ0n) is 9.48. The minimum Gasteiger partial charge on any atom is -0.863 e. The number of rotatable bonds is 3. The minimum atomic E-state index is -1.19. The lowest BCUT2D eigenvalue weighted by atomic mass is 10.0. The van der Waals surface area contributed by atoms with Crippen LogP contribution in [0.3, 0.4) is 0 Å². The van der Waals surface area contributed by atoms with E-state index >= 15 is 0 Å². The first-order valence-electron chi connectivity index (χ1n) is 5.20. The molecule has 96 valence electrons. The molecule has 2 aromatic rings. The van der Waals surface area contributed by atoms with E-state index in [1.54, 1.807) is 30.3 Å². The number of benzene rings is 2. The fourth-order valence-electron chi connectivity index (χ4n) is 1.67. The van der Waals surface area contributed by atoms with Crippen LogP contribution in [0.25, 0.3) is 11.1 Å². The molecule has 0 heterocycles. The van der Waals surface area contributed by atoms with Crippen LogP contribution in [0.15, 0.2) is 42.5 Å². The summed E-state index contributed by atoms with van der Waals surface area (Å²) in [4.78, 5) is 19.7. The predicted octanol–water partition coefficient (Wildman–Crippen LogP) is 2.24. The van der Waals surface area contributed by atoms with Gasteiger partial charge in [-0.05, 0) is 11.1 Å². The van der Waals surface area contributed by atoms with Gasteiger partial charge in [0.1, 0.15) is 0 Å². The Labute approximate surface area is 107 Å². The van der Waals surface area contributed by atoms with Crippen LogP contribution in [0.5, 0.6) is 5.75 Å². The van der Waals surface area contributed by atoms with Crippen LogP contribution in [0.1, 0.15) is 0 Å². The molecule has 2 rings (SSSR count). The molecule has 0 N–H and O–H groups in total. The van der Waals surface area contributed by atoms with Crippen LogP contribution in [-0.2, 0) is 0 Å². The van der Waals surface area contributed by atoms with Crippen molar-refractivity contribution in [2.24, 2.45) is 0 Å². The Hall–Kier alpha value is -2.96. The van der Waals surface area contributed by atoms with E-state index in [0.717, 1.165) is 12.1 Å². The molecule has 0 aliphatic carbocycles. The average molecular weight is 259 g/mol. The van der Waals surface area contributed by atoms with Gasteiger partial charge in [-0.2, -0.15) is 0 Å². The largest absolute Gasteiger partial charge is 0.863 e. The summed E-state index contributed by atoms with van der Waals surface area (Å²) in [7, 11) is 0. The van der Waals surface area contributed by atoms with Gasteiger partial charge in [-0.1, -0.05) is 30.3 Å². The van der Waals surface area contributed by atoms with E-state index < -0.39 is 27.0 Å². The first-order chi connectivity index (χ1) is 9.00. The molecule has 0 fully saturated rings. The first kappa shape index (κ1) is 12.5. The highest BCUT2D eigenvalue weighted by atomic mass is 16.6.